The zero-order valence-electron chi connectivity index (χ0n) is 28.1. The van der Waals surface area contributed by atoms with E-state index in [9.17, 15) is 82.1 Å². The molecule has 0 heterocycles. The van der Waals surface area contributed by atoms with E-state index in [4.69, 9.17) is 5.73 Å². The summed E-state index contributed by atoms with van der Waals surface area (Å²) in [6.45, 7) is 0. The van der Waals surface area contributed by atoms with Crippen molar-refractivity contribution in [1.82, 2.24) is 0 Å². The van der Waals surface area contributed by atoms with Crippen molar-refractivity contribution in [2.45, 2.75) is 19.6 Å². The minimum atomic E-state index is -5.55. The first-order valence-electron chi connectivity index (χ1n) is 14.7. The van der Waals surface area contributed by atoms with Crippen LogP contribution in [0.3, 0.4) is 0 Å². The molecule has 0 aromatic heterocycles. The number of nitrogens with zero attached hydrogens (tertiary/aromatic N) is 7. The van der Waals surface area contributed by atoms with Crippen LogP contribution in [0.1, 0.15) is 10.4 Å². The molecule has 0 spiro atoms. The number of benzene rings is 5. The second-order valence-corrected chi connectivity index (χ2v) is 16.8. The third-order valence-electron chi connectivity index (χ3n) is 7.72. The number of nitrogen functional groups attached to an aromatic ring is 1. The number of hydrogen-bond donors (Lipinski definition) is 8. The molecule has 0 unspecified atom stereocenters. The fourth-order valence-electron chi connectivity index (χ4n) is 5.33. The highest BCUT2D eigenvalue weighted by Gasteiger charge is 2.30. The Morgan fingerprint density at radius 2 is 1.17 bits per heavy atom. The van der Waals surface area contributed by atoms with E-state index in [0.29, 0.717) is 24.3 Å². The van der Waals surface area contributed by atoms with Gasteiger partial charge < -0.3 is 21.1 Å². The number of anilines is 1. The van der Waals surface area contributed by atoms with Crippen molar-refractivity contribution in [2.24, 2.45) is 30.7 Å². The Morgan fingerprint density at radius 1 is 0.638 bits per heavy atom. The van der Waals surface area contributed by atoms with Crippen LogP contribution in [0.15, 0.2) is 98.8 Å². The van der Waals surface area contributed by atoms with E-state index in [-0.39, 0.29) is 0 Å². The SMILES string of the molecule is CN=Nc1c(S(=O)(=O)O)cc2c(S(=O)(=O)O)c(N=Nc3cc(S(=O)(=O)O)c4cc(S(=O)(=O)O)c(N=Nc5cc([N+](=O)[O-])ccc5C(=O)O)c(O)c4c3N)ccc2c1O. The molecule has 58 heavy (non-hydrogen) atoms. The van der Waals surface area contributed by atoms with Gasteiger partial charge in [0.1, 0.15) is 48.0 Å². The van der Waals surface area contributed by atoms with Crippen LogP contribution in [0.4, 0.5) is 39.8 Å². The molecule has 9 N–H and O–H groups in total. The first-order chi connectivity index (χ1) is 26.7. The van der Waals surface area contributed by atoms with Crippen molar-refractivity contribution in [1.29, 1.82) is 0 Å². The van der Waals surface area contributed by atoms with Crippen LogP contribution in [0, 0.1) is 10.1 Å². The lowest BCUT2D eigenvalue weighted by Gasteiger charge is -2.15. The average Bonchev–Trinajstić information content (AvgIpc) is 3.09. The molecule has 0 fully saturated rings. The van der Waals surface area contributed by atoms with E-state index in [1.807, 2.05) is 0 Å². The first-order valence-corrected chi connectivity index (χ1v) is 20.4. The maximum atomic E-state index is 12.7. The number of phenols is 2. The Kier molecular flexibility index (Phi) is 10.8. The molecule has 26 nitrogen and oxygen atoms in total. The lowest BCUT2D eigenvalue weighted by molar-refractivity contribution is -0.384. The van der Waals surface area contributed by atoms with E-state index in [0.717, 1.165) is 31.3 Å². The zero-order chi connectivity index (χ0) is 43.4. The van der Waals surface area contributed by atoms with Gasteiger partial charge >= 0.3 is 5.97 Å². The Labute approximate surface area is 322 Å². The highest BCUT2D eigenvalue weighted by Crippen LogP contribution is 2.49. The predicted molar refractivity (Wildman–Crippen MR) is 194 cm³/mol. The van der Waals surface area contributed by atoms with Gasteiger partial charge in [0.05, 0.1) is 21.6 Å². The maximum absolute atomic E-state index is 12.7. The van der Waals surface area contributed by atoms with Gasteiger partial charge in [-0.2, -0.15) is 43.9 Å². The number of carboxylic acids is 1. The van der Waals surface area contributed by atoms with Crippen LogP contribution in [-0.2, 0) is 40.5 Å². The summed E-state index contributed by atoms with van der Waals surface area (Å²) in [7, 11) is -20.8. The predicted octanol–water partition coefficient (Wildman–Crippen LogP) is 5.12. The fourth-order valence-corrected chi connectivity index (χ4v) is 8.15. The van der Waals surface area contributed by atoms with Gasteiger partial charge in [-0.15, -0.1) is 20.5 Å². The number of nitrogens with two attached hydrogens (primary N) is 1. The van der Waals surface area contributed by atoms with Crippen LogP contribution < -0.4 is 5.73 Å². The Hall–Kier alpha value is -6.67. The van der Waals surface area contributed by atoms with Gasteiger partial charge in [0.25, 0.3) is 46.2 Å². The van der Waals surface area contributed by atoms with Crippen molar-refractivity contribution >= 4 is 108 Å². The number of aromatic carboxylic acids is 1. The normalized spacial score (nSPS) is 13.1. The summed E-state index contributed by atoms with van der Waals surface area (Å²) in [6, 6.07) is 5.04. The molecule has 0 atom stereocenters. The molecule has 5 aromatic rings. The van der Waals surface area contributed by atoms with Crippen LogP contribution in [0.25, 0.3) is 21.5 Å². The molecular formula is C28H20N8O18S4. The molecule has 5 rings (SSSR count). The standard InChI is InChI=1S/C28H20N8O18S4/c1-30-34-23-19(56(46,47)48)7-13-11(25(23)37)4-5-15(27(13)58(52,53)54)31-33-17-9-18(55(43,44)45)14-8-20(57(49,50)51)24(26(38)21(14)22(17)29)35-32-16-6-10(36(41)42)2-3-12(16)28(39)40/h2-9,37-38H,29H2,1H3,(H,39,40)(H,43,44,45)(H,46,47,48)(H,49,50,51)(H,52,53,54). The third kappa shape index (κ3) is 7.96. The quantitative estimate of drug-likeness (QED) is 0.0280. The average molecular weight is 885 g/mol. The fraction of sp³-hybridized carbons (Fsp3) is 0.0357. The largest absolute Gasteiger partial charge is 0.505 e. The van der Waals surface area contributed by atoms with Crippen molar-refractivity contribution < 1.29 is 76.9 Å². The van der Waals surface area contributed by atoms with Crippen LogP contribution >= 0.6 is 0 Å². The summed E-state index contributed by atoms with van der Waals surface area (Å²) >= 11 is 0. The molecule has 0 bridgehead atoms. The number of nitro benzene ring substituents is 1. The summed E-state index contributed by atoms with van der Waals surface area (Å²) in [5.74, 6) is -4.20. The lowest BCUT2D eigenvalue weighted by atomic mass is 10.0. The molecule has 0 aliphatic heterocycles. The number of fused-ring (bicyclic) bond motifs is 2. The molecule has 304 valence electrons. The smallest absolute Gasteiger partial charge is 0.337 e. The van der Waals surface area contributed by atoms with E-state index in [1.54, 1.807) is 0 Å². The number of rotatable bonds is 11. The third-order valence-corrected chi connectivity index (χ3v) is 11.3. The molecule has 0 aliphatic rings. The second-order valence-electron chi connectivity index (χ2n) is 11.2. The highest BCUT2D eigenvalue weighted by atomic mass is 32.2. The second kappa shape index (κ2) is 14.7. The van der Waals surface area contributed by atoms with Gasteiger partial charge in [-0.3, -0.25) is 28.3 Å². The number of nitro groups is 1. The minimum Gasteiger partial charge on any atom is -0.505 e. The van der Waals surface area contributed by atoms with E-state index >= 15 is 0 Å². The van der Waals surface area contributed by atoms with Gasteiger partial charge in [0.2, 0.25) is 0 Å². The van der Waals surface area contributed by atoms with Crippen molar-refractivity contribution in [3.63, 3.8) is 0 Å². The van der Waals surface area contributed by atoms with E-state index < -0.39 is 149 Å². The molecule has 0 saturated heterocycles. The summed E-state index contributed by atoms with van der Waals surface area (Å²) < 4.78 is 140. The lowest BCUT2D eigenvalue weighted by Crippen LogP contribution is -2.04. The molecule has 5 aromatic carbocycles. The van der Waals surface area contributed by atoms with Crippen molar-refractivity contribution in [3.05, 3.63) is 64.2 Å². The zero-order valence-corrected chi connectivity index (χ0v) is 31.3. The van der Waals surface area contributed by atoms with Crippen molar-refractivity contribution in [2.75, 3.05) is 12.8 Å². The Morgan fingerprint density at radius 3 is 1.69 bits per heavy atom. The number of phenolic OH excluding ortho intramolecular Hbond substituents is 2. The number of hydrogen-bond acceptors (Lipinski definition) is 20. The van der Waals surface area contributed by atoms with Gasteiger partial charge in [-0.1, -0.05) is 0 Å². The number of azo groups is 3. The monoisotopic (exact) mass is 884 g/mol. The highest BCUT2D eigenvalue weighted by molar-refractivity contribution is 7.87. The van der Waals surface area contributed by atoms with Gasteiger partial charge in [0.15, 0.2) is 11.5 Å². The Bertz CT molecular complexity index is 3220. The van der Waals surface area contributed by atoms with Crippen LogP contribution in [0.2, 0.25) is 0 Å². The van der Waals surface area contributed by atoms with Crippen LogP contribution in [-0.4, -0.2) is 85.1 Å². The Balaban J connectivity index is 1.85. The molecule has 0 amide bonds. The summed E-state index contributed by atoms with van der Waals surface area (Å²) in [5, 5.41) is 60.6. The number of aromatic hydroxyl groups is 2. The number of carbonyl (C=O) groups is 1. The topological polar surface area (TPSA) is 439 Å². The molecule has 0 aliphatic carbocycles. The van der Waals surface area contributed by atoms with Gasteiger partial charge in [-0.05, 0) is 36.4 Å². The maximum Gasteiger partial charge on any atom is 0.337 e. The van der Waals surface area contributed by atoms with Crippen molar-refractivity contribution in [3.8, 4) is 11.5 Å². The summed E-state index contributed by atoms with van der Waals surface area (Å²) in [5.41, 5.74) is -0.831. The minimum absolute atomic E-state index is 0.329. The van der Waals surface area contributed by atoms with Gasteiger partial charge in [-0.25, -0.2) is 4.79 Å². The van der Waals surface area contributed by atoms with E-state index in [1.165, 1.54) is 0 Å². The first kappa shape index (κ1) is 42.5. The van der Waals surface area contributed by atoms with Gasteiger partial charge in [0, 0.05) is 35.3 Å². The molecular weight excluding hydrogens is 865 g/mol. The summed E-state index contributed by atoms with van der Waals surface area (Å²) in [6.07, 6.45) is 0. The number of non-ortho nitro benzene ring substituents is 1. The molecule has 0 saturated carbocycles. The van der Waals surface area contributed by atoms with E-state index in [2.05, 4.69) is 30.7 Å². The number of carboxylic acid groups (broad SMARTS) is 1. The summed E-state index contributed by atoms with van der Waals surface area (Å²) in [4.78, 5) is 16.9. The van der Waals surface area contributed by atoms with Crippen LogP contribution in [0.5, 0.6) is 11.5 Å². The molecule has 0 radical (unpaired) electrons. The molecule has 30 heteroatoms.